The molecule has 1 aliphatic heterocycles. The lowest BCUT2D eigenvalue weighted by molar-refractivity contribution is -0.128. The third-order valence-corrected chi connectivity index (χ3v) is 5.40. The molecule has 1 fully saturated rings. The highest BCUT2D eigenvalue weighted by molar-refractivity contribution is 5.79. The molecule has 4 rings (SSSR count). The van der Waals surface area contributed by atoms with Crippen molar-refractivity contribution in [1.29, 1.82) is 0 Å². The van der Waals surface area contributed by atoms with Gasteiger partial charge in [-0.15, -0.1) is 0 Å². The summed E-state index contributed by atoms with van der Waals surface area (Å²) in [5.41, 5.74) is 4.34. The summed E-state index contributed by atoms with van der Waals surface area (Å²) in [5.74, 6) is 1.91. The van der Waals surface area contributed by atoms with Crippen LogP contribution in [0.5, 0.6) is 5.75 Å². The van der Waals surface area contributed by atoms with Gasteiger partial charge in [-0.2, -0.15) is 4.98 Å². The summed E-state index contributed by atoms with van der Waals surface area (Å²) < 4.78 is 11.2. The van der Waals surface area contributed by atoms with Gasteiger partial charge in [0.2, 0.25) is 17.6 Å². The molecule has 1 aliphatic rings. The van der Waals surface area contributed by atoms with Gasteiger partial charge in [-0.1, -0.05) is 35.5 Å². The van der Waals surface area contributed by atoms with Crippen molar-refractivity contribution in [2.24, 2.45) is 0 Å². The SMILES string of the molecule is CCOc1ccccc1CN1CC(c2nc(-c3ccc(C)c(C)c3)no2)CC1=O. The normalized spacial score (nSPS) is 16.4. The van der Waals surface area contributed by atoms with Gasteiger partial charge in [0, 0.05) is 30.6 Å². The quantitative estimate of drug-likeness (QED) is 0.628. The van der Waals surface area contributed by atoms with E-state index < -0.39 is 0 Å². The third-order valence-electron chi connectivity index (χ3n) is 5.40. The van der Waals surface area contributed by atoms with E-state index in [9.17, 15) is 4.79 Å². The van der Waals surface area contributed by atoms with Crippen molar-refractivity contribution >= 4 is 5.91 Å². The average Bonchev–Trinajstić information content (AvgIpc) is 3.33. The van der Waals surface area contributed by atoms with Gasteiger partial charge in [0.05, 0.1) is 12.5 Å². The van der Waals surface area contributed by atoms with E-state index in [1.54, 1.807) is 0 Å². The number of benzene rings is 2. The summed E-state index contributed by atoms with van der Waals surface area (Å²) in [6.45, 7) is 7.77. The summed E-state index contributed by atoms with van der Waals surface area (Å²) in [6, 6.07) is 13.9. The minimum Gasteiger partial charge on any atom is -0.494 e. The molecule has 0 N–H and O–H groups in total. The number of rotatable bonds is 6. The topological polar surface area (TPSA) is 68.5 Å². The summed E-state index contributed by atoms with van der Waals surface area (Å²) in [7, 11) is 0. The molecule has 1 atom stereocenters. The van der Waals surface area contributed by atoms with Crippen LogP contribution in [0.4, 0.5) is 0 Å². The van der Waals surface area contributed by atoms with Crippen LogP contribution in [0.15, 0.2) is 47.0 Å². The van der Waals surface area contributed by atoms with Gasteiger partial charge in [0.1, 0.15) is 5.75 Å². The van der Waals surface area contributed by atoms with Crippen molar-refractivity contribution in [2.45, 2.75) is 39.7 Å². The zero-order chi connectivity index (χ0) is 20.4. The minimum absolute atomic E-state index is 0.0884. The molecule has 2 heterocycles. The van der Waals surface area contributed by atoms with Crippen molar-refractivity contribution in [3.8, 4) is 17.1 Å². The van der Waals surface area contributed by atoms with Gasteiger partial charge < -0.3 is 14.2 Å². The lowest BCUT2D eigenvalue weighted by Gasteiger charge is -2.18. The van der Waals surface area contributed by atoms with Crippen molar-refractivity contribution in [3.05, 3.63) is 65.0 Å². The van der Waals surface area contributed by atoms with E-state index in [1.165, 1.54) is 11.1 Å². The summed E-state index contributed by atoms with van der Waals surface area (Å²) >= 11 is 0. The molecule has 29 heavy (non-hydrogen) atoms. The molecule has 6 nitrogen and oxygen atoms in total. The molecule has 1 unspecified atom stereocenters. The number of hydrogen-bond donors (Lipinski definition) is 0. The van der Waals surface area contributed by atoms with Crippen LogP contribution in [0.1, 0.15) is 41.8 Å². The first kappa shape index (κ1) is 19.2. The van der Waals surface area contributed by atoms with Crippen molar-refractivity contribution in [3.63, 3.8) is 0 Å². The smallest absolute Gasteiger partial charge is 0.232 e. The maximum atomic E-state index is 12.6. The Labute approximate surface area is 170 Å². The van der Waals surface area contributed by atoms with E-state index >= 15 is 0 Å². The number of amides is 1. The maximum Gasteiger partial charge on any atom is 0.232 e. The molecular formula is C23H25N3O3. The molecule has 1 amide bonds. The molecule has 2 aromatic carbocycles. The molecule has 1 saturated heterocycles. The van der Waals surface area contributed by atoms with E-state index in [2.05, 4.69) is 36.1 Å². The fraction of sp³-hybridized carbons (Fsp3) is 0.348. The number of nitrogens with zero attached hydrogens (tertiary/aromatic N) is 3. The lowest BCUT2D eigenvalue weighted by atomic mass is 10.1. The Morgan fingerprint density at radius 1 is 1.17 bits per heavy atom. The van der Waals surface area contributed by atoms with E-state index in [0.717, 1.165) is 16.9 Å². The number of carbonyl (C=O) groups excluding carboxylic acids is 1. The van der Waals surface area contributed by atoms with Gasteiger partial charge >= 0.3 is 0 Å². The number of likely N-dealkylation sites (tertiary alicyclic amines) is 1. The highest BCUT2D eigenvalue weighted by atomic mass is 16.5. The standard InChI is InChI=1S/C23H25N3O3/c1-4-28-20-8-6-5-7-18(20)13-26-14-19(12-21(26)27)23-24-22(25-29-23)17-10-9-15(2)16(3)11-17/h5-11,19H,4,12-14H2,1-3H3. The van der Waals surface area contributed by atoms with Crippen LogP contribution < -0.4 is 4.74 Å². The van der Waals surface area contributed by atoms with Gasteiger partial charge in [0.15, 0.2) is 0 Å². The first-order valence-electron chi connectivity index (χ1n) is 9.95. The molecular weight excluding hydrogens is 366 g/mol. The molecule has 0 radical (unpaired) electrons. The fourth-order valence-electron chi connectivity index (χ4n) is 3.63. The molecule has 0 saturated carbocycles. The zero-order valence-electron chi connectivity index (χ0n) is 17.0. The largest absolute Gasteiger partial charge is 0.494 e. The molecule has 6 heteroatoms. The Balaban J connectivity index is 1.49. The molecule has 0 aliphatic carbocycles. The van der Waals surface area contributed by atoms with Crippen LogP contribution >= 0.6 is 0 Å². The van der Waals surface area contributed by atoms with E-state index in [-0.39, 0.29) is 11.8 Å². The van der Waals surface area contributed by atoms with Gasteiger partial charge in [-0.3, -0.25) is 4.79 Å². The fourth-order valence-corrected chi connectivity index (χ4v) is 3.63. The monoisotopic (exact) mass is 391 g/mol. The second-order valence-electron chi connectivity index (χ2n) is 7.47. The van der Waals surface area contributed by atoms with Gasteiger partial charge in [-0.25, -0.2) is 0 Å². The molecule has 1 aromatic heterocycles. The Bertz CT molecular complexity index is 1030. The average molecular weight is 391 g/mol. The Morgan fingerprint density at radius 3 is 2.79 bits per heavy atom. The summed E-state index contributed by atoms with van der Waals surface area (Å²) in [4.78, 5) is 19.0. The number of aryl methyl sites for hydroxylation is 2. The van der Waals surface area contributed by atoms with Gasteiger partial charge in [-0.05, 0) is 44.0 Å². The highest BCUT2D eigenvalue weighted by Crippen LogP contribution is 2.31. The third kappa shape index (κ3) is 4.01. The second kappa shape index (κ2) is 8.07. The molecule has 0 spiro atoms. The first-order chi connectivity index (χ1) is 14.0. The number of hydrogen-bond acceptors (Lipinski definition) is 5. The first-order valence-corrected chi connectivity index (χ1v) is 9.95. The van der Waals surface area contributed by atoms with Crippen molar-refractivity contribution < 1.29 is 14.1 Å². The van der Waals surface area contributed by atoms with Crippen LogP contribution in [0.25, 0.3) is 11.4 Å². The minimum atomic E-state index is -0.0884. The van der Waals surface area contributed by atoms with Gasteiger partial charge in [0.25, 0.3) is 0 Å². The molecule has 3 aromatic rings. The van der Waals surface area contributed by atoms with Crippen LogP contribution in [0, 0.1) is 13.8 Å². The lowest BCUT2D eigenvalue weighted by Crippen LogP contribution is -2.24. The number of carbonyl (C=O) groups is 1. The predicted octanol–water partition coefficient (Wildman–Crippen LogP) is 4.27. The number of aromatic nitrogens is 2. The van der Waals surface area contributed by atoms with E-state index in [0.29, 0.717) is 37.8 Å². The Kier molecular flexibility index (Phi) is 5.34. The van der Waals surface area contributed by atoms with Crippen LogP contribution in [-0.4, -0.2) is 34.1 Å². The van der Waals surface area contributed by atoms with E-state index in [4.69, 9.17) is 9.26 Å². The van der Waals surface area contributed by atoms with Crippen molar-refractivity contribution in [1.82, 2.24) is 15.0 Å². The Morgan fingerprint density at radius 2 is 2.00 bits per heavy atom. The molecule has 150 valence electrons. The Hall–Kier alpha value is -3.15. The van der Waals surface area contributed by atoms with Crippen LogP contribution in [0.3, 0.4) is 0 Å². The highest BCUT2D eigenvalue weighted by Gasteiger charge is 2.34. The van der Waals surface area contributed by atoms with E-state index in [1.807, 2.05) is 42.2 Å². The van der Waals surface area contributed by atoms with Crippen LogP contribution in [-0.2, 0) is 11.3 Å². The predicted molar refractivity (Wildman–Crippen MR) is 110 cm³/mol. The number of ether oxygens (including phenoxy) is 1. The zero-order valence-corrected chi connectivity index (χ0v) is 17.0. The van der Waals surface area contributed by atoms with Crippen molar-refractivity contribution in [2.75, 3.05) is 13.2 Å². The number of para-hydroxylation sites is 1. The maximum absolute atomic E-state index is 12.6. The molecule has 0 bridgehead atoms. The summed E-state index contributed by atoms with van der Waals surface area (Å²) in [5, 5.41) is 4.14. The second-order valence-corrected chi connectivity index (χ2v) is 7.47. The van der Waals surface area contributed by atoms with Crippen LogP contribution in [0.2, 0.25) is 0 Å². The summed E-state index contributed by atoms with van der Waals surface area (Å²) in [6.07, 6.45) is 0.380.